The van der Waals surface area contributed by atoms with Crippen LogP contribution >= 0.6 is 0 Å². The average molecular weight is 345 g/mol. The van der Waals surface area contributed by atoms with E-state index in [4.69, 9.17) is 4.74 Å². The van der Waals surface area contributed by atoms with Gasteiger partial charge in [0.2, 0.25) is 11.8 Å². The molecule has 1 atom stereocenters. The molecule has 0 radical (unpaired) electrons. The lowest BCUT2D eigenvalue weighted by molar-refractivity contribution is -0.133. The number of hydrogen-bond donors (Lipinski definition) is 2. The molecule has 2 aliphatic rings. The van der Waals surface area contributed by atoms with Crippen LogP contribution < -0.4 is 15.4 Å². The lowest BCUT2D eigenvalue weighted by Gasteiger charge is -2.33. The molecule has 3 rings (SSSR count). The Morgan fingerprint density at radius 2 is 2.12 bits per heavy atom. The van der Waals surface area contributed by atoms with E-state index in [0.29, 0.717) is 13.1 Å². The Morgan fingerprint density at radius 1 is 1.36 bits per heavy atom. The molecule has 0 unspecified atom stereocenters. The molecule has 1 heterocycles. The van der Waals surface area contributed by atoms with Gasteiger partial charge in [-0.3, -0.25) is 14.5 Å². The number of carbonyl (C=O) groups excluding carboxylic acids is 2. The second kappa shape index (κ2) is 7.87. The molecule has 0 saturated carbocycles. The molecule has 1 aliphatic carbocycles. The van der Waals surface area contributed by atoms with Crippen molar-refractivity contribution < 1.29 is 14.3 Å². The molecule has 1 fully saturated rings. The Balaban J connectivity index is 1.61. The first-order chi connectivity index (χ1) is 12.1. The highest BCUT2D eigenvalue weighted by atomic mass is 16.5. The molecule has 1 aliphatic heterocycles. The van der Waals surface area contributed by atoms with Crippen LogP contribution in [-0.4, -0.2) is 49.5 Å². The Morgan fingerprint density at radius 3 is 2.84 bits per heavy atom. The van der Waals surface area contributed by atoms with E-state index in [2.05, 4.69) is 22.8 Å². The van der Waals surface area contributed by atoms with Crippen molar-refractivity contribution in [2.24, 2.45) is 0 Å². The first-order valence-corrected chi connectivity index (χ1v) is 9.09. The summed E-state index contributed by atoms with van der Waals surface area (Å²) in [7, 11) is 1.66. The maximum absolute atomic E-state index is 12.4. The Labute approximate surface area is 148 Å². The number of aryl methyl sites for hydroxylation is 2. The topological polar surface area (TPSA) is 70.7 Å². The number of nitrogens with zero attached hydrogens (tertiary/aromatic N) is 1. The number of nitrogens with one attached hydrogen (secondary N) is 2. The van der Waals surface area contributed by atoms with Gasteiger partial charge in [0, 0.05) is 25.2 Å². The van der Waals surface area contributed by atoms with Gasteiger partial charge in [-0.15, -0.1) is 0 Å². The third-order valence-electron chi connectivity index (χ3n) is 5.20. The van der Waals surface area contributed by atoms with E-state index in [1.807, 2.05) is 11.8 Å². The number of likely N-dealkylation sites (N-methyl/N-ethyl adjacent to an activating group) is 1. The highest BCUT2D eigenvalue weighted by Gasteiger charge is 2.30. The molecule has 0 spiro atoms. The number of piperazine rings is 1. The Hall–Kier alpha value is -2.08. The molecule has 25 heavy (non-hydrogen) atoms. The summed E-state index contributed by atoms with van der Waals surface area (Å²) >= 11 is 0. The summed E-state index contributed by atoms with van der Waals surface area (Å²) in [6.07, 6.45) is 3.56. The molecule has 1 aromatic carbocycles. The van der Waals surface area contributed by atoms with Crippen molar-refractivity contribution in [3.05, 3.63) is 28.8 Å². The van der Waals surface area contributed by atoms with Crippen LogP contribution in [0.4, 0.5) is 0 Å². The van der Waals surface area contributed by atoms with Crippen molar-refractivity contribution in [3.63, 3.8) is 0 Å². The summed E-state index contributed by atoms with van der Waals surface area (Å²) in [5.74, 6) is 0.660. The van der Waals surface area contributed by atoms with Gasteiger partial charge in [-0.05, 0) is 43.0 Å². The largest absolute Gasteiger partial charge is 0.496 e. The number of carbonyl (C=O) groups is 2. The molecular weight excluding hydrogens is 318 g/mol. The fraction of sp³-hybridized carbons (Fsp3) is 0.579. The molecular formula is C19H27N3O3. The monoisotopic (exact) mass is 345 g/mol. The Kier molecular flexibility index (Phi) is 5.58. The first kappa shape index (κ1) is 17.7. The molecule has 136 valence electrons. The molecule has 0 aromatic heterocycles. The molecule has 6 nitrogen and oxygen atoms in total. The highest BCUT2D eigenvalue weighted by Crippen LogP contribution is 2.29. The minimum atomic E-state index is -0.374. The van der Waals surface area contributed by atoms with Crippen LogP contribution in [0.25, 0.3) is 0 Å². The van der Waals surface area contributed by atoms with Crippen molar-refractivity contribution >= 4 is 11.8 Å². The smallest absolute Gasteiger partial charge is 0.237 e. The van der Waals surface area contributed by atoms with E-state index < -0.39 is 0 Å². The predicted molar refractivity (Wildman–Crippen MR) is 95.5 cm³/mol. The molecule has 6 heteroatoms. The minimum absolute atomic E-state index is 0.0571. The predicted octanol–water partition coefficient (Wildman–Crippen LogP) is 1.01. The summed E-state index contributed by atoms with van der Waals surface area (Å²) in [4.78, 5) is 26.5. The van der Waals surface area contributed by atoms with E-state index >= 15 is 0 Å². The first-order valence-electron chi connectivity index (χ1n) is 9.09. The number of methoxy groups -OCH3 is 1. The maximum atomic E-state index is 12.4. The highest BCUT2D eigenvalue weighted by molar-refractivity contribution is 5.88. The standard InChI is InChI=1S/C19H27N3O3/c1-3-22-8-7-20-19(24)16(22)11-18(23)21-12-15-9-13-5-4-6-14(13)10-17(15)25-2/h9-10,16H,3-8,11-12H2,1-2H3,(H,20,24)(H,21,23)/t16-/m0/s1. The van der Waals surface area contributed by atoms with Gasteiger partial charge in [0.25, 0.3) is 0 Å². The fourth-order valence-electron chi connectivity index (χ4n) is 3.78. The van der Waals surface area contributed by atoms with Gasteiger partial charge < -0.3 is 15.4 Å². The van der Waals surface area contributed by atoms with Crippen LogP contribution in [0.5, 0.6) is 5.75 Å². The fourth-order valence-corrected chi connectivity index (χ4v) is 3.78. The van der Waals surface area contributed by atoms with Crippen LogP contribution in [0.3, 0.4) is 0 Å². The van der Waals surface area contributed by atoms with Gasteiger partial charge in [0.05, 0.1) is 19.6 Å². The lowest BCUT2D eigenvalue weighted by atomic mass is 10.0. The van der Waals surface area contributed by atoms with Crippen LogP contribution in [0.15, 0.2) is 12.1 Å². The zero-order valence-electron chi connectivity index (χ0n) is 15.1. The number of fused-ring (bicyclic) bond motifs is 1. The van der Waals surface area contributed by atoms with Crippen LogP contribution in [0.2, 0.25) is 0 Å². The summed E-state index contributed by atoms with van der Waals surface area (Å²) in [6.45, 7) is 4.65. The summed E-state index contributed by atoms with van der Waals surface area (Å²) in [5, 5.41) is 5.79. The van der Waals surface area contributed by atoms with Gasteiger partial charge in [0.1, 0.15) is 5.75 Å². The number of hydrogen-bond acceptors (Lipinski definition) is 4. The van der Waals surface area contributed by atoms with Gasteiger partial charge in [-0.1, -0.05) is 13.0 Å². The average Bonchev–Trinajstić information content (AvgIpc) is 3.08. The van der Waals surface area contributed by atoms with E-state index in [-0.39, 0.29) is 24.3 Å². The maximum Gasteiger partial charge on any atom is 0.237 e. The van der Waals surface area contributed by atoms with Crippen molar-refractivity contribution in [1.82, 2.24) is 15.5 Å². The second-order valence-corrected chi connectivity index (χ2v) is 6.70. The van der Waals surface area contributed by atoms with Crippen LogP contribution in [-0.2, 0) is 29.0 Å². The van der Waals surface area contributed by atoms with Crippen molar-refractivity contribution in [2.75, 3.05) is 26.7 Å². The van der Waals surface area contributed by atoms with Crippen LogP contribution in [0, 0.1) is 0 Å². The van der Waals surface area contributed by atoms with E-state index in [0.717, 1.165) is 37.2 Å². The normalized spacial score (nSPS) is 20.1. The summed E-state index contributed by atoms with van der Waals surface area (Å²) in [5.41, 5.74) is 3.70. The molecule has 1 aromatic rings. The van der Waals surface area contributed by atoms with Gasteiger partial charge in [-0.25, -0.2) is 0 Å². The van der Waals surface area contributed by atoms with E-state index in [1.54, 1.807) is 7.11 Å². The summed E-state index contributed by atoms with van der Waals surface area (Å²) < 4.78 is 5.48. The number of amides is 2. The zero-order valence-corrected chi connectivity index (χ0v) is 15.1. The van der Waals surface area contributed by atoms with Crippen molar-refractivity contribution in [2.45, 2.75) is 45.2 Å². The van der Waals surface area contributed by atoms with Crippen LogP contribution in [0.1, 0.15) is 36.5 Å². The number of benzene rings is 1. The van der Waals surface area contributed by atoms with E-state index in [1.165, 1.54) is 17.5 Å². The number of ether oxygens (including phenoxy) is 1. The molecule has 0 bridgehead atoms. The number of rotatable bonds is 6. The van der Waals surface area contributed by atoms with E-state index in [9.17, 15) is 9.59 Å². The molecule has 1 saturated heterocycles. The Bertz CT molecular complexity index is 660. The SMILES string of the molecule is CCN1CCNC(=O)[C@@H]1CC(=O)NCc1cc2c(cc1OC)CCC2. The van der Waals surface area contributed by atoms with Gasteiger partial charge in [-0.2, -0.15) is 0 Å². The quantitative estimate of drug-likeness (QED) is 0.807. The van der Waals surface area contributed by atoms with Gasteiger partial charge in [0.15, 0.2) is 0 Å². The lowest BCUT2D eigenvalue weighted by Crippen LogP contribution is -2.56. The molecule has 2 N–H and O–H groups in total. The molecule has 2 amide bonds. The van der Waals surface area contributed by atoms with Crippen molar-refractivity contribution in [3.8, 4) is 5.75 Å². The van der Waals surface area contributed by atoms with Gasteiger partial charge >= 0.3 is 0 Å². The minimum Gasteiger partial charge on any atom is -0.496 e. The third-order valence-corrected chi connectivity index (χ3v) is 5.20. The summed E-state index contributed by atoms with van der Waals surface area (Å²) in [6, 6.07) is 3.87. The van der Waals surface area contributed by atoms with Crippen molar-refractivity contribution in [1.29, 1.82) is 0 Å². The third kappa shape index (κ3) is 3.95. The second-order valence-electron chi connectivity index (χ2n) is 6.70. The zero-order chi connectivity index (χ0) is 17.8.